The number of carbonyl (C=O) groups is 1. The Morgan fingerprint density at radius 2 is 2.09 bits per heavy atom. The molecule has 3 nitrogen and oxygen atoms in total. The molecular formula is C8H18N2O. The van der Waals surface area contributed by atoms with E-state index in [1.807, 2.05) is 21.0 Å². The lowest BCUT2D eigenvalue weighted by atomic mass is 10.0. The zero-order valence-electron chi connectivity index (χ0n) is 7.63. The molecule has 0 aromatic carbocycles. The Labute approximate surface area is 68.6 Å². The van der Waals surface area contributed by atoms with Crippen molar-refractivity contribution in [3.63, 3.8) is 0 Å². The Balaban J connectivity index is 3.37. The van der Waals surface area contributed by atoms with Crippen LogP contribution in [0.5, 0.6) is 0 Å². The van der Waals surface area contributed by atoms with Gasteiger partial charge in [0.15, 0.2) is 0 Å². The number of nitrogens with zero attached hydrogens (tertiary/aromatic N) is 1. The molecule has 2 N–H and O–H groups in total. The fourth-order valence-electron chi connectivity index (χ4n) is 0.924. The molecule has 0 saturated heterocycles. The number of carbonyl (C=O) groups excluding carboxylic acids is 1. The fraction of sp³-hybridized carbons (Fsp3) is 0.875. The maximum absolute atomic E-state index is 10.5. The Bertz CT molecular complexity index is 123. The highest BCUT2D eigenvalue weighted by atomic mass is 16.1. The second-order valence-corrected chi connectivity index (χ2v) is 3.37. The third-order valence-corrected chi connectivity index (χ3v) is 1.62. The van der Waals surface area contributed by atoms with E-state index in [0.717, 1.165) is 13.0 Å². The van der Waals surface area contributed by atoms with E-state index in [-0.39, 0.29) is 5.91 Å². The van der Waals surface area contributed by atoms with Crippen LogP contribution in [-0.2, 0) is 4.79 Å². The minimum atomic E-state index is -0.198. The molecule has 11 heavy (non-hydrogen) atoms. The van der Waals surface area contributed by atoms with Gasteiger partial charge in [-0.15, -0.1) is 0 Å². The zero-order chi connectivity index (χ0) is 8.85. The van der Waals surface area contributed by atoms with E-state index in [1.165, 1.54) is 0 Å². The Morgan fingerprint density at radius 3 is 2.45 bits per heavy atom. The van der Waals surface area contributed by atoms with E-state index in [0.29, 0.717) is 12.3 Å². The molecule has 1 atom stereocenters. The van der Waals surface area contributed by atoms with Crippen LogP contribution in [-0.4, -0.2) is 31.4 Å². The van der Waals surface area contributed by atoms with Gasteiger partial charge in [0.05, 0.1) is 0 Å². The van der Waals surface area contributed by atoms with Crippen LogP contribution in [0, 0.1) is 5.92 Å². The average molecular weight is 158 g/mol. The standard InChI is InChI=1S/C8H18N2O/c1-7(6-8(9)11)4-5-10(2)3/h7H,4-6H2,1-3H3,(H2,9,11). The summed E-state index contributed by atoms with van der Waals surface area (Å²) in [7, 11) is 4.05. The maximum Gasteiger partial charge on any atom is 0.217 e. The average Bonchev–Trinajstić information content (AvgIpc) is 1.82. The van der Waals surface area contributed by atoms with Crippen molar-refractivity contribution in [2.24, 2.45) is 11.7 Å². The SMILES string of the molecule is CC(CCN(C)C)CC(N)=O. The van der Waals surface area contributed by atoms with Crippen LogP contribution in [0.3, 0.4) is 0 Å². The highest BCUT2D eigenvalue weighted by Gasteiger charge is 2.05. The van der Waals surface area contributed by atoms with Crippen LogP contribution in [0.25, 0.3) is 0 Å². The minimum absolute atomic E-state index is 0.198. The zero-order valence-corrected chi connectivity index (χ0v) is 7.63. The third-order valence-electron chi connectivity index (χ3n) is 1.62. The Hall–Kier alpha value is -0.570. The van der Waals surface area contributed by atoms with Gasteiger partial charge in [0.25, 0.3) is 0 Å². The summed E-state index contributed by atoms with van der Waals surface area (Å²) < 4.78 is 0. The molecule has 0 spiro atoms. The van der Waals surface area contributed by atoms with Crippen molar-refractivity contribution in [2.75, 3.05) is 20.6 Å². The molecule has 0 bridgehead atoms. The first-order valence-corrected chi connectivity index (χ1v) is 3.95. The van der Waals surface area contributed by atoms with Crippen molar-refractivity contribution in [2.45, 2.75) is 19.8 Å². The van der Waals surface area contributed by atoms with Crippen LogP contribution < -0.4 is 5.73 Å². The molecule has 0 heterocycles. The van der Waals surface area contributed by atoms with Gasteiger partial charge in [-0.05, 0) is 33.0 Å². The summed E-state index contributed by atoms with van der Waals surface area (Å²) in [6.07, 6.45) is 1.55. The summed E-state index contributed by atoms with van der Waals surface area (Å²) in [5.74, 6) is 0.214. The van der Waals surface area contributed by atoms with E-state index in [1.54, 1.807) is 0 Å². The van der Waals surface area contributed by atoms with Crippen molar-refractivity contribution in [3.8, 4) is 0 Å². The van der Waals surface area contributed by atoms with Gasteiger partial charge in [0.2, 0.25) is 5.91 Å². The minimum Gasteiger partial charge on any atom is -0.370 e. The predicted octanol–water partition coefficient (Wildman–Crippen LogP) is 0.450. The summed E-state index contributed by atoms with van der Waals surface area (Å²) in [5.41, 5.74) is 5.05. The molecule has 0 aromatic rings. The first-order valence-electron chi connectivity index (χ1n) is 3.95. The van der Waals surface area contributed by atoms with E-state index >= 15 is 0 Å². The molecular weight excluding hydrogens is 140 g/mol. The first kappa shape index (κ1) is 10.4. The van der Waals surface area contributed by atoms with E-state index < -0.39 is 0 Å². The fourth-order valence-corrected chi connectivity index (χ4v) is 0.924. The van der Waals surface area contributed by atoms with Crippen LogP contribution in [0.15, 0.2) is 0 Å². The van der Waals surface area contributed by atoms with Gasteiger partial charge in [0, 0.05) is 6.42 Å². The number of hydrogen-bond donors (Lipinski definition) is 1. The molecule has 0 rings (SSSR count). The Morgan fingerprint density at radius 1 is 1.55 bits per heavy atom. The number of nitrogens with two attached hydrogens (primary N) is 1. The molecule has 3 heteroatoms. The highest BCUT2D eigenvalue weighted by molar-refractivity contribution is 5.73. The van der Waals surface area contributed by atoms with E-state index in [4.69, 9.17) is 5.73 Å². The quantitative estimate of drug-likeness (QED) is 0.631. The van der Waals surface area contributed by atoms with E-state index in [9.17, 15) is 4.79 Å². The molecule has 0 aliphatic carbocycles. The lowest BCUT2D eigenvalue weighted by Crippen LogP contribution is -2.19. The molecule has 0 saturated carbocycles. The molecule has 66 valence electrons. The summed E-state index contributed by atoms with van der Waals surface area (Å²) in [6.45, 7) is 3.07. The number of rotatable bonds is 5. The van der Waals surface area contributed by atoms with E-state index in [2.05, 4.69) is 4.90 Å². The van der Waals surface area contributed by atoms with Crippen LogP contribution in [0.2, 0.25) is 0 Å². The van der Waals surface area contributed by atoms with Crippen molar-refractivity contribution < 1.29 is 4.79 Å². The van der Waals surface area contributed by atoms with Gasteiger partial charge in [-0.25, -0.2) is 0 Å². The van der Waals surface area contributed by atoms with Gasteiger partial charge in [-0.1, -0.05) is 6.92 Å². The van der Waals surface area contributed by atoms with Crippen molar-refractivity contribution in [1.82, 2.24) is 4.90 Å². The predicted molar refractivity (Wildman–Crippen MR) is 46.1 cm³/mol. The van der Waals surface area contributed by atoms with Crippen molar-refractivity contribution >= 4 is 5.91 Å². The van der Waals surface area contributed by atoms with Gasteiger partial charge in [-0.2, -0.15) is 0 Å². The van der Waals surface area contributed by atoms with Gasteiger partial charge in [0.1, 0.15) is 0 Å². The number of amides is 1. The van der Waals surface area contributed by atoms with Crippen LogP contribution in [0.4, 0.5) is 0 Å². The molecule has 1 unspecified atom stereocenters. The molecule has 0 fully saturated rings. The number of hydrogen-bond acceptors (Lipinski definition) is 2. The largest absolute Gasteiger partial charge is 0.370 e. The molecule has 0 aliphatic rings. The maximum atomic E-state index is 10.5. The van der Waals surface area contributed by atoms with Crippen LogP contribution in [0.1, 0.15) is 19.8 Å². The van der Waals surface area contributed by atoms with Gasteiger partial charge in [-0.3, -0.25) is 4.79 Å². The monoisotopic (exact) mass is 158 g/mol. The van der Waals surface area contributed by atoms with Gasteiger partial charge >= 0.3 is 0 Å². The highest BCUT2D eigenvalue weighted by Crippen LogP contribution is 2.06. The molecule has 0 aliphatic heterocycles. The topological polar surface area (TPSA) is 46.3 Å². The smallest absolute Gasteiger partial charge is 0.217 e. The lowest BCUT2D eigenvalue weighted by Gasteiger charge is -2.13. The second-order valence-electron chi connectivity index (χ2n) is 3.37. The Kier molecular flexibility index (Phi) is 4.86. The molecule has 0 radical (unpaired) electrons. The van der Waals surface area contributed by atoms with Gasteiger partial charge < -0.3 is 10.6 Å². The number of primary amides is 1. The second kappa shape index (κ2) is 5.13. The summed E-state index contributed by atoms with van der Waals surface area (Å²) in [5, 5.41) is 0. The summed E-state index contributed by atoms with van der Waals surface area (Å²) in [4.78, 5) is 12.6. The molecule has 0 aromatic heterocycles. The van der Waals surface area contributed by atoms with Crippen molar-refractivity contribution in [1.29, 1.82) is 0 Å². The van der Waals surface area contributed by atoms with Crippen LogP contribution >= 0.6 is 0 Å². The van der Waals surface area contributed by atoms with Crippen molar-refractivity contribution in [3.05, 3.63) is 0 Å². The third kappa shape index (κ3) is 7.33. The lowest BCUT2D eigenvalue weighted by molar-refractivity contribution is -0.118. The normalized spacial score (nSPS) is 13.5. The summed E-state index contributed by atoms with van der Waals surface area (Å²) >= 11 is 0. The molecule has 1 amide bonds. The first-order chi connectivity index (χ1) is 5.02. The summed E-state index contributed by atoms with van der Waals surface area (Å²) in [6, 6.07) is 0.